The van der Waals surface area contributed by atoms with E-state index in [9.17, 15) is 9.90 Å². The molecule has 100 valence electrons. The molecule has 3 N–H and O–H groups in total. The Kier molecular flexibility index (Phi) is 4.73. The van der Waals surface area contributed by atoms with E-state index in [4.69, 9.17) is 0 Å². The molecule has 1 rings (SSSR count). The molecule has 0 bridgehead atoms. The molecule has 0 fully saturated rings. The van der Waals surface area contributed by atoms with Gasteiger partial charge in [0.05, 0.1) is 12.1 Å². The van der Waals surface area contributed by atoms with Crippen LogP contribution in [0.1, 0.15) is 31.4 Å². The summed E-state index contributed by atoms with van der Waals surface area (Å²) in [5.41, 5.74) is 2.32. The fourth-order valence-corrected chi connectivity index (χ4v) is 1.54. The van der Waals surface area contributed by atoms with Crippen molar-refractivity contribution in [2.24, 2.45) is 0 Å². The van der Waals surface area contributed by atoms with Crippen molar-refractivity contribution in [3.05, 3.63) is 29.3 Å². The highest BCUT2D eigenvalue weighted by atomic mass is 16.3. The minimum atomic E-state index is -0.582. The van der Waals surface area contributed by atoms with Crippen molar-refractivity contribution in [3.63, 3.8) is 0 Å². The molecular formula is C14H22N2O2. The Labute approximate surface area is 108 Å². The van der Waals surface area contributed by atoms with Crippen LogP contribution in [0, 0.1) is 13.8 Å². The molecule has 0 saturated heterocycles. The van der Waals surface area contributed by atoms with Gasteiger partial charge in [-0.05, 0) is 44.4 Å². The zero-order chi connectivity index (χ0) is 13.8. The lowest BCUT2D eigenvalue weighted by Gasteiger charge is -2.27. The first-order valence-corrected chi connectivity index (χ1v) is 6.17. The van der Waals surface area contributed by atoms with Crippen molar-refractivity contribution in [1.29, 1.82) is 0 Å². The number of hydrogen-bond acceptors (Lipinski definition) is 2. The van der Waals surface area contributed by atoms with Crippen LogP contribution in [0.25, 0.3) is 0 Å². The van der Waals surface area contributed by atoms with Gasteiger partial charge in [-0.2, -0.15) is 0 Å². The maximum atomic E-state index is 11.9. The van der Waals surface area contributed by atoms with Gasteiger partial charge in [-0.25, -0.2) is 4.79 Å². The van der Waals surface area contributed by atoms with Crippen LogP contribution in [-0.4, -0.2) is 23.3 Å². The molecule has 1 unspecified atom stereocenters. The summed E-state index contributed by atoms with van der Waals surface area (Å²) in [5.74, 6) is 0. The van der Waals surface area contributed by atoms with Gasteiger partial charge >= 0.3 is 6.03 Å². The molecule has 0 aliphatic rings. The molecule has 2 amide bonds. The second-order valence-corrected chi connectivity index (χ2v) is 4.97. The highest BCUT2D eigenvalue weighted by molar-refractivity contribution is 5.90. The Hall–Kier alpha value is -1.55. The van der Waals surface area contributed by atoms with E-state index in [1.165, 1.54) is 0 Å². The van der Waals surface area contributed by atoms with Crippen LogP contribution in [0.15, 0.2) is 18.2 Å². The van der Waals surface area contributed by atoms with E-state index in [2.05, 4.69) is 10.6 Å². The van der Waals surface area contributed by atoms with Crippen LogP contribution in [0.4, 0.5) is 10.5 Å². The Balaban J connectivity index is 2.73. The van der Waals surface area contributed by atoms with Crippen LogP contribution in [0.2, 0.25) is 0 Å². The summed E-state index contributed by atoms with van der Waals surface area (Å²) >= 11 is 0. The molecule has 0 saturated carbocycles. The van der Waals surface area contributed by atoms with Crippen LogP contribution in [0.5, 0.6) is 0 Å². The number of aliphatic hydroxyl groups excluding tert-OH is 1. The molecule has 0 aliphatic carbocycles. The van der Waals surface area contributed by atoms with Gasteiger partial charge in [0.2, 0.25) is 0 Å². The maximum Gasteiger partial charge on any atom is 0.319 e. The smallest absolute Gasteiger partial charge is 0.319 e. The first kappa shape index (κ1) is 14.5. The van der Waals surface area contributed by atoms with E-state index in [-0.39, 0.29) is 12.6 Å². The quantitative estimate of drug-likeness (QED) is 0.769. The molecule has 0 radical (unpaired) electrons. The Morgan fingerprint density at radius 3 is 2.61 bits per heavy atom. The van der Waals surface area contributed by atoms with Gasteiger partial charge in [0.1, 0.15) is 0 Å². The van der Waals surface area contributed by atoms with Gasteiger partial charge in [0.25, 0.3) is 0 Å². The van der Waals surface area contributed by atoms with Gasteiger partial charge in [0, 0.05) is 5.69 Å². The number of carbonyl (C=O) groups excluding carboxylic acids is 1. The molecule has 4 heteroatoms. The highest BCUT2D eigenvalue weighted by Gasteiger charge is 2.23. The molecular weight excluding hydrogens is 228 g/mol. The van der Waals surface area contributed by atoms with Gasteiger partial charge in [-0.15, -0.1) is 0 Å². The number of carbonyl (C=O) groups is 1. The Morgan fingerprint density at radius 1 is 1.39 bits per heavy atom. The first-order chi connectivity index (χ1) is 8.40. The molecule has 1 aromatic rings. The minimum Gasteiger partial charge on any atom is -0.394 e. The molecule has 0 aliphatic heterocycles. The van der Waals surface area contributed by atoms with Crippen molar-refractivity contribution in [1.82, 2.24) is 5.32 Å². The maximum absolute atomic E-state index is 11.9. The normalized spacial score (nSPS) is 13.8. The zero-order valence-corrected chi connectivity index (χ0v) is 11.5. The van der Waals surface area contributed by atoms with Gasteiger partial charge in [-0.1, -0.05) is 19.1 Å². The second kappa shape index (κ2) is 5.87. The van der Waals surface area contributed by atoms with Gasteiger partial charge < -0.3 is 15.7 Å². The number of aliphatic hydroxyl groups is 1. The number of aryl methyl sites for hydroxylation is 2. The topological polar surface area (TPSA) is 61.4 Å². The van der Waals surface area contributed by atoms with E-state index in [0.717, 1.165) is 16.8 Å². The Bertz CT molecular complexity index is 426. The van der Waals surface area contributed by atoms with E-state index in [1.807, 2.05) is 45.9 Å². The summed E-state index contributed by atoms with van der Waals surface area (Å²) in [5, 5.41) is 14.9. The van der Waals surface area contributed by atoms with Crippen molar-refractivity contribution < 1.29 is 9.90 Å². The standard InChI is InChI=1S/C14H22N2O2/c1-5-14(4,9-17)16-13(18)15-12-8-10(2)6-7-11(12)3/h6-8,17H,5,9H2,1-4H3,(H2,15,16,18). The largest absolute Gasteiger partial charge is 0.394 e. The van der Waals surface area contributed by atoms with Gasteiger partial charge in [-0.3, -0.25) is 0 Å². The predicted octanol–water partition coefficient (Wildman–Crippen LogP) is 2.59. The van der Waals surface area contributed by atoms with Crippen LogP contribution in [-0.2, 0) is 0 Å². The zero-order valence-electron chi connectivity index (χ0n) is 11.5. The van der Waals surface area contributed by atoms with Crippen LogP contribution >= 0.6 is 0 Å². The summed E-state index contributed by atoms with van der Waals surface area (Å²) in [6.07, 6.45) is 0.670. The predicted molar refractivity (Wildman–Crippen MR) is 73.9 cm³/mol. The molecule has 0 aromatic heterocycles. The minimum absolute atomic E-state index is 0.0796. The lowest BCUT2D eigenvalue weighted by molar-refractivity contribution is 0.172. The summed E-state index contributed by atoms with van der Waals surface area (Å²) in [4.78, 5) is 11.9. The first-order valence-electron chi connectivity index (χ1n) is 6.17. The van der Waals surface area contributed by atoms with Crippen molar-refractivity contribution in [3.8, 4) is 0 Å². The lowest BCUT2D eigenvalue weighted by Crippen LogP contribution is -2.50. The summed E-state index contributed by atoms with van der Waals surface area (Å²) in [6, 6.07) is 5.61. The lowest BCUT2D eigenvalue weighted by atomic mass is 10.0. The Morgan fingerprint density at radius 2 is 2.06 bits per heavy atom. The van der Waals surface area contributed by atoms with E-state index >= 15 is 0 Å². The van der Waals surface area contributed by atoms with Crippen molar-refractivity contribution >= 4 is 11.7 Å². The van der Waals surface area contributed by atoms with Crippen LogP contribution < -0.4 is 10.6 Å². The molecule has 4 nitrogen and oxygen atoms in total. The van der Waals surface area contributed by atoms with E-state index in [0.29, 0.717) is 6.42 Å². The number of amides is 2. The third kappa shape index (κ3) is 3.74. The average molecular weight is 250 g/mol. The van der Waals surface area contributed by atoms with Crippen molar-refractivity contribution in [2.45, 2.75) is 39.7 Å². The molecule has 0 heterocycles. The number of anilines is 1. The average Bonchev–Trinajstić information content (AvgIpc) is 2.33. The number of rotatable bonds is 4. The van der Waals surface area contributed by atoms with Crippen molar-refractivity contribution in [2.75, 3.05) is 11.9 Å². The fourth-order valence-electron chi connectivity index (χ4n) is 1.54. The number of urea groups is 1. The number of hydrogen-bond donors (Lipinski definition) is 3. The third-order valence-corrected chi connectivity index (χ3v) is 3.19. The fraction of sp³-hybridized carbons (Fsp3) is 0.500. The number of benzene rings is 1. The number of nitrogens with one attached hydrogen (secondary N) is 2. The highest BCUT2D eigenvalue weighted by Crippen LogP contribution is 2.16. The molecule has 18 heavy (non-hydrogen) atoms. The second-order valence-electron chi connectivity index (χ2n) is 4.97. The molecule has 1 aromatic carbocycles. The van der Waals surface area contributed by atoms with Gasteiger partial charge in [0.15, 0.2) is 0 Å². The summed E-state index contributed by atoms with van der Waals surface area (Å²) in [7, 11) is 0. The molecule has 0 spiro atoms. The summed E-state index contributed by atoms with van der Waals surface area (Å²) < 4.78 is 0. The third-order valence-electron chi connectivity index (χ3n) is 3.19. The SMILES string of the molecule is CCC(C)(CO)NC(=O)Nc1cc(C)ccc1C. The van der Waals surface area contributed by atoms with E-state index in [1.54, 1.807) is 0 Å². The van der Waals surface area contributed by atoms with E-state index < -0.39 is 5.54 Å². The van der Waals surface area contributed by atoms with Crippen LogP contribution in [0.3, 0.4) is 0 Å². The monoisotopic (exact) mass is 250 g/mol. The molecule has 1 atom stereocenters. The summed E-state index contributed by atoms with van der Waals surface area (Å²) in [6.45, 7) is 7.58.